The molecule has 0 aliphatic rings. The molecular formula is C46H75NO7. The summed E-state index contributed by atoms with van der Waals surface area (Å²) in [7, 11) is 5.36. The van der Waals surface area contributed by atoms with Crippen molar-refractivity contribution >= 4 is 17.9 Å². The number of unbranched alkanes of at least 4 members (excludes halogenated alkanes) is 9. The predicted octanol–water partition coefficient (Wildman–Crippen LogP) is 9.63. The smallest absolute Gasteiger partial charge is 0.306 e. The van der Waals surface area contributed by atoms with E-state index in [0.29, 0.717) is 6.42 Å². The largest absolute Gasteiger partial charge is 0.544 e. The van der Waals surface area contributed by atoms with Crippen molar-refractivity contribution in [2.75, 3.05) is 41.0 Å². The van der Waals surface area contributed by atoms with E-state index >= 15 is 0 Å². The molecule has 8 nitrogen and oxygen atoms in total. The van der Waals surface area contributed by atoms with Crippen LogP contribution in [-0.4, -0.2) is 75.5 Å². The number of carboxylic acids is 1. The minimum atomic E-state index is -1.14. The van der Waals surface area contributed by atoms with Gasteiger partial charge in [0.2, 0.25) is 0 Å². The zero-order chi connectivity index (χ0) is 40.0. The van der Waals surface area contributed by atoms with Gasteiger partial charge < -0.3 is 28.6 Å². The van der Waals surface area contributed by atoms with Crippen LogP contribution >= 0.6 is 0 Å². The number of aliphatic carboxylic acids is 1. The summed E-state index contributed by atoms with van der Waals surface area (Å²) < 4.78 is 17.0. The summed E-state index contributed by atoms with van der Waals surface area (Å²) in [5.74, 6) is -1.85. The first-order chi connectivity index (χ1) is 26.1. The van der Waals surface area contributed by atoms with Crippen LogP contribution in [0.2, 0.25) is 0 Å². The number of ether oxygens (including phenoxy) is 3. The van der Waals surface area contributed by atoms with E-state index in [9.17, 15) is 19.5 Å². The highest BCUT2D eigenvalue weighted by Gasteiger charge is 2.25. The van der Waals surface area contributed by atoms with Gasteiger partial charge >= 0.3 is 11.9 Å². The van der Waals surface area contributed by atoms with Crippen molar-refractivity contribution in [3.05, 3.63) is 85.1 Å². The Morgan fingerprint density at radius 2 is 1.13 bits per heavy atom. The molecule has 54 heavy (non-hydrogen) atoms. The summed E-state index contributed by atoms with van der Waals surface area (Å²) in [6.45, 7) is 4.39. The third kappa shape index (κ3) is 34.3. The van der Waals surface area contributed by atoms with Gasteiger partial charge in [-0.25, -0.2) is 0 Å². The Balaban J connectivity index is 4.52. The Labute approximate surface area is 329 Å². The zero-order valence-corrected chi connectivity index (χ0v) is 34.6. The fourth-order valence-corrected chi connectivity index (χ4v) is 5.35. The summed E-state index contributed by atoms with van der Waals surface area (Å²) in [4.78, 5) is 36.7. The van der Waals surface area contributed by atoms with Crippen molar-refractivity contribution in [2.24, 2.45) is 0 Å². The number of carbonyl (C=O) groups excluding carboxylic acids is 3. The van der Waals surface area contributed by atoms with Gasteiger partial charge in [-0.05, 0) is 70.6 Å². The van der Waals surface area contributed by atoms with Gasteiger partial charge in [-0.2, -0.15) is 0 Å². The highest BCUT2D eigenvalue weighted by Crippen LogP contribution is 2.11. The summed E-state index contributed by atoms with van der Waals surface area (Å²) in [5.41, 5.74) is 0. The number of carbonyl (C=O) groups is 3. The number of quaternary nitrogens is 1. The maximum atomic E-state index is 12.7. The van der Waals surface area contributed by atoms with E-state index in [-0.39, 0.29) is 55.5 Å². The van der Waals surface area contributed by atoms with Gasteiger partial charge in [0.1, 0.15) is 12.6 Å². The molecule has 306 valence electrons. The number of nitrogens with zero attached hydrogens (tertiary/aromatic N) is 1. The summed E-state index contributed by atoms with van der Waals surface area (Å²) >= 11 is 0. The maximum Gasteiger partial charge on any atom is 0.306 e. The lowest BCUT2D eigenvalue weighted by Gasteiger charge is -2.34. The number of rotatable bonds is 35. The molecule has 0 N–H and O–H groups in total. The topological polar surface area (TPSA) is 102 Å². The second kappa shape index (κ2) is 36.5. The lowest BCUT2D eigenvalue weighted by atomic mass is 10.1. The molecule has 0 fully saturated rings. The van der Waals surface area contributed by atoms with Crippen molar-refractivity contribution in [3.63, 3.8) is 0 Å². The van der Waals surface area contributed by atoms with Crippen molar-refractivity contribution in [1.29, 1.82) is 0 Å². The molecule has 0 saturated heterocycles. The molecule has 0 aliphatic heterocycles. The number of allylic oxidation sites excluding steroid dienone is 14. The number of hydrogen-bond donors (Lipinski definition) is 0. The molecule has 0 spiro atoms. The molecule has 8 heteroatoms. The van der Waals surface area contributed by atoms with E-state index in [2.05, 4.69) is 86.8 Å². The fraction of sp³-hybridized carbons (Fsp3) is 0.630. The lowest BCUT2D eigenvalue weighted by Crippen LogP contribution is -2.55. The number of esters is 2. The molecule has 2 unspecified atom stereocenters. The van der Waals surface area contributed by atoms with Gasteiger partial charge in [0.05, 0.1) is 40.3 Å². The molecule has 0 aromatic carbocycles. The van der Waals surface area contributed by atoms with Crippen LogP contribution in [0.5, 0.6) is 0 Å². The molecule has 0 saturated carbocycles. The van der Waals surface area contributed by atoms with E-state index in [0.717, 1.165) is 70.6 Å². The highest BCUT2D eigenvalue weighted by molar-refractivity contribution is 5.70. The molecule has 0 heterocycles. The second-order valence-electron chi connectivity index (χ2n) is 14.5. The number of hydrogen-bond acceptors (Lipinski definition) is 7. The average Bonchev–Trinajstić information content (AvgIpc) is 3.12. The van der Waals surface area contributed by atoms with Crippen LogP contribution in [0.25, 0.3) is 0 Å². The normalized spacial score (nSPS) is 13.9. The molecule has 0 radical (unpaired) electrons. The van der Waals surface area contributed by atoms with E-state index in [1.807, 2.05) is 12.2 Å². The average molecular weight is 754 g/mol. The molecule has 0 aromatic heterocycles. The molecule has 0 aromatic rings. The first kappa shape index (κ1) is 50.5. The van der Waals surface area contributed by atoms with E-state index in [1.54, 1.807) is 21.1 Å². The SMILES string of the molecule is CC/C=C/C=C/C=C/CCCCCCCC(=O)OC(COCCC(C(=O)[O-])[N+](C)(C)C)COC(=O)CCC/C=C/C/C=C/C/C=C/C/C=C/CCCCC. The fourth-order valence-electron chi connectivity index (χ4n) is 5.35. The second-order valence-corrected chi connectivity index (χ2v) is 14.5. The standard InChI is InChI=1S/C46H75NO7/c1-6-8-10-12-14-16-18-20-21-22-23-25-26-28-30-32-34-36-44(48)53-41-42(40-52-39-38-43(46(50)51)47(3,4)5)54-45(49)37-35-33-31-29-27-24-19-17-15-13-11-9-7-2/h9,11,13-17,19-21,23,25,28,30,42-43H,6-8,10,12,18,22,24,26-27,29,31-41H2,1-5H3/b11-9+,15-13+,16-14+,19-17+,21-20+,25-23+,30-28+. The molecular weight excluding hydrogens is 679 g/mol. The number of likely N-dealkylation sites (N-methyl/N-ethyl adjacent to an activating group) is 1. The van der Waals surface area contributed by atoms with Crippen molar-refractivity contribution in [2.45, 2.75) is 148 Å². The van der Waals surface area contributed by atoms with Crippen LogP contribution in [-0.2, 0) is 28.6 Å². The predicted molar refractivity (Wildman–Crippen MR) is 222 cm³/mol. The van der Waals surface area contributed by atoms with Crippen LogP contribution < -0.4 is 5.11 Å². The van der Waals surface area contributed by atoms with Crippen LogP contribution in [0.1, 0.15) is 136 Å². The lowest BCUT2D eigenvalue weighted by molar-refractivity contribution is -0.889. The monoisotopic (exact) mass is 754 g/mol. The zero-order valence-electron chi connectivity index (χ0n) is 34.6. The molecule has 0 bridgehead atoms. The molecule has 2 atom stereocenters. The Kier molecular flexibility index (Phi) is 34.1. The molecule has 0 rings (SSSR count). The quantitative estimate of drug-likeness (QED) is 0.0209. The van der Waals surface area contributed by atoms with Gasteiger partial charge in [-0.3, -0.25) is 9.59 Å². The van der Waals surface area contributed by atoms with Crippen LogP contribution in [0.15, 0.2) is 85.1 Å². The third-order valence-electron chi connectivity index (χ3n) is 8.58. The molecule has 0 aliphatic carbocycles. The maximum absolute atomic E-state index is 12.7. The van der Waals surface area contributed by atoms with Crippen LogP contribution in [0, 0.1) is 0 Å². The van der Waals surface area contributed by atoms with Crippen molar-refractivity contribution in [1.82, 2.24) is 0 Å². The Hall–Kier alpha value is -3.49. The van der Waals surface area contributed by atoms with Crippen molar-refractivity contribution < 1.29 is 38.2 Å². The Morgan fingerprint density at radius 3 is 1.74 bits per heavy atom. The van der Waals surface area contributed by atoms with Crippen LogP contribution in [0.3, 0.4) is 0 Å². The van der Waals surface area contributed by atoms with E-state index < -0.39 is 18.1 Å². The third-order valence-corrected chi connectivity index (χ3v) is 8.58. The van der Waals surface area contributed by atoms with E-state index in [4.69, 9.17) is 14.2 Å². The minimum Gasteiger partial charge on any atom is -0.544 e. The first-order valence-electron chi connectivity index (χ1n) is 20.6. The highest BCUT2D eigenvalue weighted by atomic mass is 16.6. The summed E-state index contributed by atoms with van der Waals surface area (Å²) in [6.07, 6.45) is 46.1. The Morgan fingerprint density at radius 1 is 0.593 bits per heavy atom. The molecule has 0 amide bonds. The van der Waals surface area contributed by atoms with Gasteiger partial charge in [0.15, 0.2) is 6.10 Å². The van der Waals surface area contributed by atoms with Gasteiger partial charge in [-0.15, -0.1) is 0 Å². The minimum absolute atomic E-state index is 0.00967. The first-order valence-corrected chi connectivity index (χ1v) is 20.6. The van der Waals surface area contributed by atoms with Gasteiger partial charge in [-0.1, -0.05) is 131 Å². The van der Waals surface area contributed by atoms with Gasteiger partial charge in [0.25, 0.3) is 0 Å². The van der Waals surface area contributed by atoms with Gasteiger partial charge in [0, 0.05) is 19.3 Å². The van der Waals surface area contributed by atoms with E-state index in [1.165, 1.54) is 25.7 Å². The number of carboxylic acid groups (broad SMARTS) is 1. The summed E-state index contributed by atoms with van der Waals surface area (Å²) in [5, 5.41) is 11.6. The Bertz CT molecular complexity index is 1160. The van der Waals surface area contributed by atoms with Crippen LogP contribution in [0.4, 0.5) is 0 Å². The summed E-state index contributed by atoms with van der Waals surface area (Å²) in [6, 6.07) is -0.741. The van der Waals surface area contributed by atoms with Crippen molar-refractivity contribution in [3.8, 4) is 0 Å².